The first kappa shape index (κ1) is 75.0. The first-order valence-electron chi connectivity index (χ1n) is 34.3. The van der Waals surface area contributed by atoms with Gasteiger partial charge in [0.15, 0.2) is 0 Å². The van der Waals surface area contributed by atoms with E-state index in [2.05, 4.69) is 9.97 Å². The molecule has 9 aromatic rings. The van der Waals surface area contributed by atoms with Crippen LogP contribution in [-0.4, -0.2) is 144 Å². The molecule has 0 spiro atoms. The van der Waals surface area contributed by atoms with Crippen molar-refractivity contribution in [2.45, 2.75) is 96.7 Å². The van der Waals surface area contributed by atoms with Crippen molar-refractivity contribution in [2.24, 2.45) is 17.8 Å². The zero-order valence-electron chi connectivity index (χ0n) is 58.8. The lowest BCUT2D eigenvalue weighted by Gasteiger charge is -2.30. The van der Waals surface area contributed by atoms with Crippen LogP contribution in [0.3, 0.4) is 0 Å². The predicted molar refractivity (Wildman–Crippen MR) is 402 cm³/mol. The molecule has 5 unspecified atom stereocenters. The van der Waals surface area contributed by atoms with Gasteiger partial charge in [-0.15, -0.1) is 11.3 Å². The van der Waals surface area contributed by atoms with E-state index in [1.165, 1.54) is 38.7 Å². The lowest BCUT2D eigenvalue weighted by Crippen LogP contribution is -2.44. The summed E-state index contributed by atoms with van der Waals surface area (Å²) in [5, 5.41) is 25.3. The van der Waals surface area contributed by atoms with Gasteiger partial charge in [-0.3, -0.25) is 33.6 Å². The van der Waals surface area contributed by atoms with Crippen LogP contribution in [0.15, 0.2) is 187 Å². The van der Waals surface area contributed by atoms with E-state index in [1.807, 2.05) is 149 Å². The lowest BCUT2D eigenvalue weighted by atomic mass is 9.89. The number of aromatic nitrogens is 2. The van der Waals surface area contributed by atoms with Crippen LogP contribution in [0.5, 0.6) is 5.88 Å². The fourth-order valence-electron chi connectivity index (χ4n) is 14.0. The largest absolute Gasteiger partial charge is 0.481 e. The number of hydrogen-bond acceptors (Lipinski definition) is 16. The van der Waals surface area contributed by atoms with Gasteiger partial charge in [-0.1, -0.05) is 96.5 Å². The van der Waals surface area contributed by atoms with E-state index in [0.29, 0.717) is 82.9 Å². The van der Waals surface area contributed by atoms with E-state index in [4.69, 9.17) is 46.8 Å². The standard InChI is InChI=1S/C29H31N3O4.C28H29N3O4.C25H25ClN2O3S/c1-19(30)23-7-4-6-20(16-23)17-25(29(34)36-3)26-8-5-15-32(26)28(33)22-11-9-21(10-12-22)24-13-14-27(35-2)31-18-24;1-18(29)22-6-3-5-19(15-22)16-24(28(34)35-2)25-7-4-14-31(25)27(33)21-10-8-20(9-11-21)23-12-13-26(32)30-17-23;1-15(27)17-6-3-5-16(11-17)12-20(25(30)31-2)21-7-4-10-28(21)24(29)23-13-18-8-9-19(26)14-22(18)32-23/h4,6-7,9-14,16,18,25-26,30H,5,8,15,17H2,1-3H3;3,5-6,8-13,15,17,24-25,29H,4,7,14,16H2,1-2H3,(H,30,32);3,5-6,8-9,11,13-14,20-21,27H,4,7,10,12H2,1-2H3/t;24?,25-;/m.1./s1. The Labute approximate surface area is 608 Å². The van der Waals surface area contributed by atoms with Gasteiger partial charge in [-0.2, -0.15) is 0 Å². The maximum absolute atomic E-state index is 13.5. The fraction of sp³-hybridized carbons (Fsp3) is 0.305. The van der Waals surface area contributed by atoms with Gasteiger partial charge in [0.1, 0.15) is 0 Å². The van der Waals surface area contributed by atoms with Crippen LogP contribution in [-0.2, 0) is 47.9 Å². The topological polar surface area (TPSA) is 266 Å². The van der Waals surface area contributed by atoms with Gasteiger partial charge >= 0.3 is 17.9 Å². The summed E-state index contributed by atoms with van der Waals surface area (Å²) in [5.41, 5.74) is 11.3. The van der Waals surface area contributed by atoms with Crippen LogP contribution in [0.4, 0.5) is 0 Å². The van der Waals surface area contributed by atoms with E-state index >= 15 is 0 Å². The van der Waals surface area contributed by atoms with Crippen LogP contribution in [0, 0.1) is 34.0 Å². The molecule has 532 valence electrons. The van der Waals surface area contributed by atoms with Crippen LogP contribution in [0.25, 0.3) is 32.3 Å². The van der Waals surface area contributed by atoms with Gasteiger partial charge in [-0.25, -0.2) is 4.98 Å². The molecule has 21 heteroatoms. The van der Waals surface area contributed by atoms with E-state index in [1.54, 1.807) is 69.4 Å². The third-order valence-corrected chi connectivity index (χ3v) is 20.7. The minimum absolute atomic E-state index is 0.0530. The number of pyridine rings is 2. The van der Waals surface area contributed by atoms with Crippen molar-refractivity contribution in [3.8, 4) is 28.1 Å². The molecule has 3 saturated heterocycles. The number of methoxy groups -OCH3 is 4. The second-order valence-electron chi connectivity index (χ2n) is 26.1. The van der Waals surface area contributed by atoms with E-state index in [-0.39, 0.29) is 59.3 Å². The highest BCUT2D eigenvalue weighted by Gasteiger charge is 2.43. The zero-order chi connectivity index (χ0) is 73.4. The van der Waals surface area contributed by atoms with E-state index in [9.17, 15) is 33.6 Å². The number of carbonyl (C=O) groups is 6. The average molecular weight is 1430 g/mol. The number of aromatic amines is 1. The SMILES string of the molecule is COC(=O)C(Cc1cccc(C(C)=N)c1)C1CCCN1C(=O)c1cc2ccc(Cl)cc2s1.COC(=O)C(Cc1cccc(C(C)=N)c1)C1CCCN1C(=O)c1ccc(-c2ccc(OC)nc2)cc1.COC(=O)C(Cc1cccc(C(C)=N)c1)[C@H]1CCCN1C(=O)c1ccc(-c2ccc(=O)[nH]c2)cc1. The Morgan fingerprint density at radius 2 is 0.903 bits per heavy atom. The molecule has 0 radical (unpaired) electrons. The smallest absolute Gasteiger partial charge is 0.311 e. The summed E-state index contributed by atoms with van der Waals surface area (Å²) in [5.74, 6) is -2.10. The second kappa shape index (κ2) is 34.8. The number of thiophene rings is 1. The average Bonchev–Trinajstić information content (AvgIpc) is 1.63. The number of fused-ring (bicyclic) bond motifs is 1. The van der Waals surface area contributed by atoms with E-state index in [0.717, 1.165) is 104 Å². The van der Waals surface area contributed by atoms with Gasteiger partial charge in [0, 0.05) is 106 Å². The molecule has 6 heterocycles. The summed E-state index contributed by atoms with van der Waals surface area (Å²) in [4.78, 5) is 103. The van der Waals surface area contributed by atoms with Crippen LogP contribution < -0.4 is 10.3 Å². The summed E-state index contributed by atoms with van der Waals surface area (Å²) >= 11 is 7.53. The molecule has 0 bridgehead atoms. The third-order valence-electron chi connectivity index (χ3n) is 19.4. The number of esters is 3. The monoisotopic (exact) mass is 1420 g/mol. The van der Waals surface area contributed by atoms with Crippen molar-refractivity contribution in [1.29, 1.82) is 16.2 Å². The molecule has 6 atom stereocenters. The number of amides is 3. The number of likely N-dealkylation sites (tertiary alicyclic amines) is 3. The Kier molecular flexibility index (Phi) is 25.3. The molecule has 0 saturated carbocycles. The molecule has 3 aromatic heterocycles. The first-order valence-corrected chi connectivity index (χ1v) is 35.5. The number of nitrogens with one attached hydrogen (secondary N) is 4. The molecule has 3 fully saturated rings. The van der Waals surface area contributed by atoms with Crippen molar-refractivity contribution in [3.63, 3.8) is 0 Å². The highest BCUT2D eigenvalue weighted by molar-refractivity contribution is 7.20. The number of nitrogens with zero attached hydrogens (tertiary/aromatic N) is 4. The highest BCUT2D eigenvalue weighted by Crippen LogP contribution is 2.36. The van der Waals surface area contributed by atoms with Crippen LogP contribution in [0.1, 0.15) is 123 Å². The Hall–Kier alpha value is -10.7. The maximum atomic E-state index is 13.5. The van der Waals surface area contributed by atoms with Gasteiger partial charge in [0.05, 0.1) is 51.1 Å². The van der Waals surface area contributed by atoms with Crippen molar-refractivity contribution in [2.75, 3.05) is 48.1 Å². The predicted octanol–water partition coefficient (Wildman–Crippen LogP) is 14.4. The summed E-state index contributed by atoms with van der Waals surface area (Å²) in [6.07, 6.45) is 9.45. The highest BCUT2D eigenvalue weighted by atomic mass is 35.5. The quantitative estimate of drug-likeness (QED) is 0.0297. The minimum atomic E-state index is -0.492. The molecule has 3 amide bonds. The van der Waals surface area contributed by atoms with Crippen LogP contribution in [0.2, 0.25) is 5.02 Å². The number of benzene rings is 6. The molecule has 19 nitrogen and oxygen atoms in total. The molecular formula is C82H85ClN8O11S. The minimum Gasteiger partial charge on any atom is -0.481 e. The molecule has 3 aliphatic heterocycles. The number of halogens is 1. The number of hydrogen-bond donors (Lipinski definition) is 4. The van der Waals surface area contributed by atoms with Crippen molar-refractivity contribution in [1.82, 2.24) is 24.7 Å². The number of H-pyrrole nitrogens is 1. The van der Waals surface area contributed by atoms with E-state index < -0.39 is 17.8 Å². The summed E-state index contributed by atoms with van der Waals surface area (Å²) in [7, 11) is 5.74. The molecule has 0 aliphatic carbocycles. The lowest BCUT2D eigenvalue weighted by molar-refractivity contribution is -0.148. The first-order chi connectivity index (χ1) is 49.6. The Balaban J connectivity index is 0.000000166. The van der Waals surface area contributed by atoms with Crippen molar-refractivity contribution < 1.29 is 47.7 Å². The number of ether oxygens (including phenoxy) is 4. The normalized spacial score (nSPS) is 16.2. The zero-order valence-corrected chi connectivity index (χ0v) is 60.4. The van der Waals surface area contributed by atoms with Gasteiger partial charge in [0.2, 0.25) is 11.4 Å². The van der Waals surface area contributed by atoms with Gasteiger partial charge < -0.3 is 54.9 Å². The van der Waals surface area contributed by atoms with Crippen molar-refractivity contribution >= 4 is 85.8 Å². The van der Waals surface area contributed by atoms with Crippen molar-refractivity contribution in [3.05, 3.63) is 247 Å². The van der Waals surface area contributed by atoms with Crippen LogP contribution >= 0.6 is 22.9 Å². The molecular weight excluding hydrogens is 1340 g/mol. The van der Waals surface area contributed by atoms with Gasteiger partial charge in [0.25, 0.3) is 17.7 Å². The summed E-state index contributed by atoms with van der Waals surface area (Å²) < 4.78 is 21.5. The second-order valence-corrected chi connectivity index (χ2v) is 27.6. The molecule has 12 rings (SSSR count). The molecule has 4 N–H and O–H groups in total. The number of rotatable bonds is 21. The maximum Gasteiger partial charge on any atom is 0.311 e. The summed E-state index contributed by atoms with van der Waals surface area (Å²) in [6, 6.07) is 51.4. The molecule has 6 aromatic carbocycles. The third kappa shape index (κ3) is 18.5. The Bertz CT molecular complexity index is 4630. The van der Waals surface area contributed by atoms with Gasteiger partial charge in [-0.05, 0) is 207 Å². The molecule has 3 aliphatic rings. The number of carbonyl (C=O) groups excluding carboxylic acids is 6. The molecule has 103 heavy (non-hydrogen) atoms. The summed E-state index contributed by atoms with van der Waals surface area (Å²) in [6.45, 7) is 7.01. The Morgan fingerprint density at radius 3 is 1.28 bits per heavy atom. The Morgan fingerprint density at radius 1 is 0.495 bits per heavy atom. The fourth-order valence-corrected chi connectivity index (χ4v) is 15.3.